The Kier molecular flexibility index (Phi) is 9.17. The van der Waals surface area contributed by atoms with Crippen LogP contribution < -0.4 is 19.7 Å². The van der Waals surface area contributed by atoms with E-state index in [9.17, 15) is 17.6 Å². The van der Waals surface area contributed by atoms with E-state index in [4.69, 9.17) is 9.47 Å². The number of piperidine rings is 1. The number of carbonyl (C=O) groups excluding carboxylic acids is 1. The van der Waals surface area contributed by atoms with E-state index < -0.39 is 33.4 Å². The van der Waals surface area contributed by atoms with Crippen molar-refractivity contribution in [2.45, 2.75) is 70.0 Å². The lowest BCUT2D eigenvalue weighted by Crippen LogP contribution is -2.47. The number of sulfonamides is 1. The molecule has 1 aromatic heterocycles. The van der Waals surface area contributed by atoms with E-state index in [0.717, 1.165) is 6.20 Å². The molecule has 0 unspecified atom stereocenters. The Morgan fingerprint density at radius 2 is 1.76 bits per heavy atom. The predicted octanol–water partition coefficient (Wildman–Crippen LogP) is 5.45. The van der Waals surface area contributed by atoms with E-state index in [1.54, 1.807) is 43.9 Å². The average molecular weight is 645 g/mol. The molecule has 0 spiro atoms. The molecule has 1 fully saturated rings. The Labute approximate surface area is 262 Å². The molecule has 2 aliphatic heterocycles. The van der Waals surface area contributed by atoms with Gasteiger partial charge in [0, 0.05) is 36.4 Å². The maximum absolute atomic E-state index is 15.0. The summed E-state index contributed by atoms with van der Waals surface area (Å²) in [7, 11) is -3.83. The number of fused-ring (bicyclic) bond motifs is 1. The zero-order valence-corrected chi connectivity index (χ0v) is 26.7. The number of aromatic nitrogens is 2. The molecule has 2 N–H and O–H groups in total. The molecule has 11 nitrogen and oxygen atoms in total. The molecule has 0 radical (unpaired) electrons. The minimum Gasteiger partial charge on any atom is -0.486 e. The van der Waals surface area contributed by atoms with Crippen molar-refractivity contribution in [3.05, 3.63) is 54.2 Å². The number of carbonyl (C=O) groups is 1. The first kappa shape index (κ1) is 32.4. The van der Waals surface area contributed by atoms with Crippen LogP contribution in [-0.4, -0.2) is 73.3 Å². The quantitative estimate of drug-likeness (QED) is 0.345. The standard InChI is InChI=1S/C31H38F2N6O5S/c1-19(2)39-14-15-43-28-24(32)16-20(17-26(28)39)27-25(33)18-34-29(36-27)35-21-6-8-23(9-7-21)45(41,42)37-22-10-12-38(13-11-22)30(40)44-31(3,4)5/h6-9,16-19,22,37H,10-15H2,1-5H3,(H,34,35,36). The smallest absolute Gasteiger partial charge is 0.410 e. The van der Waals surface area contributed by atoms with Crippen molar-refractivity contribution < 1.29 is 31.5 Å². The number of rotatable bonds is 7. The first-order valence-electron chi connectivity index (χ1n) is 14.8. The van der Waals surface area contributed by atoms with Gasteiger partial charge < -0.3 is 24.6 Å². The van der Waals surface area contributed by atoms with Gasteiger partial charge in [-0.3, -0.25) is 0 Å². The normalized spacial score (nSPS) is 15.9. The van der Waals surface area contributed by atoms with E-state index in [1.165, 1.54) is 18.2 Å². The molecule has 0 bridgehead atoms. The van der Waals surface area contributed by atoms with Crippen LogP contribution in [0.4, 0.5) is 30.9 Å². The number of nitrogens with one attached hydrogen (secondary N) is 2. The van der Waals surface area contributed by atoms with Crippen LogP contribution in [0.2, 0.25) is 0 Å². The number of hydrogen-bond donors (Lipinski definition) is 2. The number of benzene rings is 2. The van der Waals surface area contributed by atoms with E-state index >= 15 is 4.39 Å². The maximum atomic E-state index is 15.0. The molecule has 14 heteroatoms. The number of likely N-dealkylation sites (tertiary alicyclic amines) is 1. The zero-order valence-electron chi connectivity index (χ0n) is 25.9. The lowest BCUT2D eigenvalue weighted by Gasteiger charge is -2.34. The summed E-state index contributed by atoms with van der Waals surface area (Å²) >= 11 is 0. The van der Waals surface area contributed by atoms with E-state index in [1.807, 2.05) is 18.7 Å². The van der Waals surface area contributed by atoms with Gasteiger partial charge in [0.05, 0.1) is 23.3 Å². The summed E-state index contributed by atoms with van der Waals surface area (Å²) in [4.78, 5) is 24.2. The maximum Gasteiger partial charge on any atom is 0.410 e. The Morgan fingerprint density at radius 3 is 2.40 bits per heavy atom. The van der Waals surface area contributed by atoms with Crippen LogP contribution in [0.5, 0.6) is 5.75 Å². The first-order valence-corrected chi connectivity index (χ1v) is 16.3. The van der Waals surface area contributed by atoms with Gasteiger partial charge in [0.15, 0.2) is 17.4 Å². The second kappa shape index (κ2) is 12.8. The van der Waals surface area contributed by atoms with Crippen molar-refractivity contribution in [1.82, 2.24) is 19.6 Å². The van der Waals surface area contributed by atoms with Gasteiger partial charge in [-0.15, -0.1) is 0 Å². The fourth-order valence-corrected chi connectivity index (χ4v) is 6.55. The molecule has 45 heavy (non-hydrogen) atoms. The molecule has 0 saturated carbocycles. The molecule has 3 aromatic rings. The van der Waals surface area contributed by atoms with E-state index in [0.29, 0.717) is 50.5 Å². The third kappa shape index (κ3) is 7.61. The summed E-state index contributed by atoms with van der Waals surface area (Å²) in [6.45, 7) is 11.0. The summed E-state index contributed by atoms with van der Waals surface area (Å²) < 4.78 is 69.7. The Hall–Kier alpha value is -4.04. The number of hydrogen-bond acceptors (Lipinski definition) is 9. The number of nitrogens with zero attached hydrogens (tertiary/aromatic N) is 4. The highest BCUT2D eigenvalue weighted by Crippen LogP contribution is 2.39. The summed E-state index contributed by atoms with van der Waals surface area (Å²) in [6, 6.07) is 8.55. The molecule has 242 valence electrons. The molecule has 0 aliphatic carbocycles. The second-order valence-corrected chi connectivity index (χ2v) is 14.1. The molecule has 0 atom stereocenters. The highest BCUT2D eigenvalue weighted by atomic mass is 32.2. The SMILES string of the molecule is CC(C)N1CCOc2c(F)cc(-c3nc(Nc4ccc(S(=O)(=O)NC5CCN(C(=O)OC(C)(C)C)CC5)cc4)ncc3F)cc21. The highest BCUT2D eigenvalue weighted by molar-refractivity contribution is 7.89. The summed E-state index contributed by atoms with van der Waals surface area (Å²) in [5.41, 5.74) is 0.527. The third-order valence-corrected chi connectivity index (χ3v) is 8.98. The van der Waals surface area contributed by atoms with Gasteiger partial charge in [-0.25, -0.2) is 36.7 Å². The van der Waals surface area contributed by atoms with Crippen molar-refractivity contribution in [2.75, 3.05) is 36.5 Å². The lowest BCUT2D eigenvalue weighted by atomic mass is 10.1. The van der Waals surface area contributed by atoms with Crippen molar-refractivity contribution in [2.24, 2.45) is 0 Å². The topological polar surface area (TPSA) is 126 Å². The Bertz CT molecular complexity index is 1660. The number of halogens is 2. The monoisotopic (exact) mass is 644 g/mol. The molecule has 5 rings (SSSR count). The van der Waals surface area contributed by atoms with Crippen LogP contribution in [0.3, 0.4) is 0 Å². The van der Waals surface area contributed by atoms with Crippen LogP contribution in [-0.2, 0) is 14.8 Å². The van der Waals surface area contributed by atoms with Gasteiger partial charge in [-0.2, -0.15) is 0 Å². The zero-order chi connectivity index (χ0) is 32.5. The molecule has 1 amide bonds. The van der Waals surface area contributed by atoms with Crippen LogP contribution >= 0.6 is 0 Å². The Morgan fingerprint density at radius 1 is 1.07 bits per heavy atom. The fraction of sp³-hybridized carbons (Fsp3) is 0.452. The molecule has 3 heterocycles. The molecule has 1 saturated heterocycles. The number of ether oxygens (including phenoxy) is 2. The van der Waals surface area contributed by atoms with Crippen molar-refractivity contribution >= 4 is 33.4 Å². The van der Waals surface area contributed by atoms with Crippen molar-refractivity contribution in [3.8, 4) is 17.0 Å². The highest BCUT2D eigenvalue weighted by Gasteiger charge is 2.30. The average Bonchev–Trinajstić information content (AvgIpc) is 2.97. The Balaban J connectivity index is 1.25. The molecular weight excluding hydrogens is 606 g/mol. The predicted molar refractivity (Wildman–Crippen MR) is 166 cm³/mol. The van der Waals surface area contributed by atoms with Crippen molar-refractivity contribution in [1.29, 1.82) is 0 Å². The second-order valence-electron chi connectivity index (χ2n) is 12.3. The molecule has 2 aromatic carbocycles. The van der Waals surface area contributed by atoms with E-state index in [2.05, 4.69) is 20.0 Å². The minimum absolute atomic E-state index is 0.0481. The minimum atomic E-state index is -3.83. The van der Waals surface area contributed by atoms with Crippen LogP contribution in [0.15, 0.2) is 47.5 Å². The van der Waals surface area contributed by atoms with Crippen LogP contribution in [0.25, 0.3) is 11.3 Å². The van der Waals surface area contributed by atoms with Gasteiger partial charge in [-0.1, -0.05) is 0 Å². The van der Waals surface area contributed by atoms with Gasteiger partial charge in [0.25, 0.3) is 0 Å². The summed E-state index contributed by atoms with van der Waals surface area (Å²) in [5.74, 6) is -1.16. The van der Waals surface area contributed by atoms with Gasteiger partial charge in [-0.05, 0) is 83.9 Å². The van der Waals surface area contributed by atoms with Gasteiger partial charge >= 0.3 is 6.09 Å². The number of amides is 1. The molecule has 2 aliphatic rings. The summed E-state index contributed by atoms with van der Waals surface area (Å²) in [5, 5.41) is 2.95. The van der Waals surface area contributed by atoms with E-state index in [-0.39, 0.29) is 39.9 Å². The summed E-state index contributed by atoms with van der Waals surface area (Å²) in [6.07, 6.45) is 1.50. The van der Waals surface area contributed by atoms with Crippen LogP contribution in [0.1, 0.15) is 47.5 Å². The lowest BCUT2D eigenvalue weighted by molar-refractivity contribution is 0.0203. The van der Waals surface area contributed by atoms with Gasteiger partial charge in [0.2, 0.25) is 16.0 Å². The largest absolute Gasteiger partial charge is 0.486 e. The fourth-order valence-electron chi connectivity index (χ4n) is 5.24. The molecular formula is C31H38F2N6O5S. The number of anilines is 3. The van der Waals surface area contributed by atoms with Crippen LogP contribution in [0, 0.1) is 11.6 Å². The van der Waals surface area contributed by atoms with Crippen molar-refractivity contribution in [3.63, 3.8) is 0 Å². The third-order valence-electron chi connectivity index (χ3n) is 7.44. The first-order chi connectivity index (χ1) is 21.2. The van der Waals surface area contributed by atoms with Gasteiger partial charge in [0.1, 0.15) is 17.9 Å².